The summed E-state index contributed by atoms with van der Waals surface area (Å²) >= 11 is 0. The molecule has 6 bridgehead atoms. The average Bonchev–Trinajstić information content (AvgIpc) is 3.02. The van der Waals surface area contributed by atoms with E-state index in [2.05, 4.69) is 47.0 Å². The molecule has 0 amide bonds. The van der Waals surface area contributed by atoms with E-state index in [4.69, 9.17) is 37.9 Å². The van der Waals surface area contributed by atoms with E-state index >= 15 is 0 Å². The highest BCUT2D eigenvalue weighted by Gasteiger charge is 2.05. The van der Waals surface area contributed by atoms with Crippen LogP contribution in [0.3, 0.4) is 0 Å². The van der Waals surface area contributed by atoms with Crippen molar-refractivity contribution in [1.82, 2.24) is 0 Å². The summed E-state index contributed by atoms with van der Waals surface area (Å²) in [5.41, 5.74) is 2.16. The minimum absolute atomic E-state index is 0.465. The maximum Gasteiger partial charge on any atom is 0.119 e. The summed E-state index contributed by atoms with van der Waals surface area (Å²) in [6.07, 6.45) is 0. The predicted octanol–water partition coefficient (Wildman–Crippen LogP) is 4.23. The number of hydrogen-bond acceptors (Lipinski definition) is 10. The van der Waals surface area contributed by atoms with Gasteiger partial charge in [0, 0.05) is 35.2 Å². The second-order valence-corrected chi connectivity index (χ2v) is 9.40. The molecular formula is C32H44N2O8. The Morgan fingerprint density at radius 1 is 0.357 bits per heavy atom. The zero-order valence-corrected chi connectivity index (χ0v) is 24.4. The molecule has 10 heteroatoms. The largest absolute Gasteiger partial charge is 0.491 e. The second-order valence-electron chi connectivity index (χ2n) is 9.40. The van der Waals surface area contributed by atoms with Crippen LogP contribution in [0.5, 0.6) is 11.5 Å². The maximum atomic E-state index is 5.72. The van der Waals surface area contributed by atoms with E-state index in [0.717, 1.165) is 33.6 Å². The molecule has 2 N–H and O–H groups in total. The number of benzene rings is 3. The van der Waals surface area contributed by atoms with Gasteiger partial charge in [0.2, 0.25) is 0 Å². The summed E-state index contributed by atoms with van der Waals surface area (Å²) in [4.78, 5) is 0. The lowest BCUT2D eigenvalue weighted by Crippen LogP contribution is -2.15. The van der Waals surface area contributed by atoms with E-state index in [1.165, 1.54) is 0 Å². The highest BCUT2D eigenvalue weighted by molar-refractivity contribution is 6.01. The van der Waals surface area contributed by atoms with E-state index in [0.29, 0.717) is 106 Å². The van der Waals surface area contributed by atoms with E-state index in [-0.39, 0.29) is 0 Å². The van der Waals surface area contributed by atoms with E-state index in [1.54, 1.807) is 0 Å². The van der Waals surface area contributed by atoms with E-state index in [9.17, 15) is 0 Å². The van der Waals surface area contributed by atoms with Crippen LogP contribution in [0.1, 0.15) is 0 Å². The van der Waals surface area contributed by atoms with Gasteiger partial charge in [-0.05, 0) is 36.4 Å². The van der Waals surface area contributed by atoms with Crippen molar-refractivity contribution in [3.8, 4) is 11.5 Å². The fourth-order valence-electron chi connectivity index (χ4n) is 4.29. The molecule has 0 radical (unpaired) electrons. The number of rotatable bonds is 0. The Hall–Kier alpha value is -3.12. The second kappa shape index (κ2) is 19.9. The Labute approximate surface area is 248 Å². The molecule has 3 aromatic carbocycles. The normalized spacial score (nSPS) is 18.6. The van der Waals surface area contributed by atoms with Gasteiger partial charge in [0.05, 0.1) is 79.3 Å². The molecule has 230 valence electrons. The Morgan fingerprint density at radius 2 is 0.690 bits per heavy atom. The highest BCUT2D eigenvalue weighted by atomic mass is 16.6. The molecule has 2 aliphatic heterocycles. The lowest BCUT2D eigenvalue weighted by Gasteiger charge is -2.14. The third-order valence-electron chi connectivity index (χ3n) is 6.35. The topological polar surface area (TPSA) is 97.9 Å². The van der Waals surface area contributed by atoms with E-state index in [1.807, 2.05) is 24.3 Å². The summed E-state index contributed by atoms with van der Waals surface area (Å²) in [7, 11) is 0. The third kappa shape index (κ3) is 12.0. The minimum atomic E-state index is 0.465. The third-order valence-corrected chi connectivity index (χ3v) is 6.35. The van der Waals surface area contributed by atoms with Crippen molar-refractivity contribution in [3.63, 3.8) is 0 Å². The van der Waals surface area contributed by atoms with Gasteiger partial charge in [-0.3, -0.25) is 0 Å². The zero-order valence-electron chi connectivity index (χ0n) is 24.4. The van der Waals surface area contributed by atoms with Crippen LogP contribution in [0.2, 0.25) is 0 Å². The molecule has 42 heavy (non-hydrogen) atoms. The number of fused-ring (bicyclic) bond motifs is 26. The van der Waals surface area contributed by atoms with Crippen LogP contribution < -0.4 is 20.1 Å². The quantitative estimate of drug-likeness (QED) is 0.374. The van der Waals surface area contributed by atoms with Gasteiger partial charge in [-0.15, -0.1) is 0 Å². The molecule has 0 aliphatic carbocycles. The summed E-state index contributed by atoms with van der Waals surface area (Å²) in [5, 5.41) is 9.31. The lowest BCUT2D eigenvalue weighted by molar-refractivity contribution is 0.0107. The molecule has 5 rings (SSSR count). The van der Waals surface area contributed by atoms with Gasteiger partial charge in [-0.2, -0.15) is 0 Å². The van der Waals surface area contributed by atoms with Crippen molar-refractivity contribution in [2.24, 2.45) is 0 Å². The summed E-state index contributed by atoms with van der Waals surface area (Å²) in [6.45, 7) is 8.69. The Kier molecular flexibility index (Phi) is 15.1. The molecule has 0 fully saturated rings. The van der Waals surface area contributed by atoms with Crippen LogP contribution in [0, 0.1) is 0 Å². The van der Waals surface area contributed by atoms with Crippen LogP contribution in [0.25, 0.3) is 10.8 Å². The van der Waals surface area contributed by atoms with Crippen LogP contribution >= 0.6 is 0 Å². The van der Waals surface area contributed by atoms with E-state index < -0.39 is 0 Å². The molecule has 3 aromatic rings. The van der Waals surface area contributed by atoms with Crippen molar-refractivity contribution in [3.05, 3.63) is 60.7 Å². The summed E-state index contributed by atoms with van der Waals surface area (Å²) in [5.74, 6) is 1.54. The summed E-state index contributed by atoms with van der Waals surface area (Å²) in [6, 6.07) is 20.1. The molecule has 0 aromatic heterocycles. The van der Waals surface area contributed by atoms with Crippen molar-refractivity contribution in [2.75, 3.05) is 116 Å². The van der Waals surface area contributed by atoms with Crippen molar-refractivity contribution in [1.29, 1.82) is 0 Å². The Morgan fingerprint density at radius 3 is 1.07 bits per heavy atom. The first-order chi connectivity index (χ1) is 20.9. The highest BCUT2D eigenvalue weighted by Crippen LogP contribution is 2.29. The molecule has 0 unspecified atom stereocenters. The van der Waals surface area contributed by atoms with Gasteiger partial charge in [-0.1, -0.05) is 24.3 Å². The smallest absolute Gasteiger partial charge is 0.119 e. The first-order valence-electron chi connectivity index (χ1n) is 14.7. The van der Waals surface area contributed by atoms with Gasteiger partial charge in [-0.25, -0.2) is 0 Å². The van der Waals surface area contributed by atoms with Crippen LogP contribution in [-0.4, -0.2) is 106 Å². The van der Waals surface area contributed by atoms with Gasteiger partial charge < -0.3 is 48.5 Å². The van der Waals surface area contributed by atoms with Gasteiger partial charge in [0.15, 0.2) is 0 Å². The maximum absolute atomic E-state index is 5.72. The summed E-state index contributed by atoms with van der Waals surface area (Å²) < 4.78 is 45.2. The fraction of sp³-hybridized carbons (Fsp3) is 0.500. The molecule has 0 saturated carbocycles. The molecule has 2 aliphatic rings. The van der Waals surface area contributed by atoms with Gasteiger partial charge in [0.1, 0.15) is 24.7 Å². The molecule has 0 saturated heterocycles. The molecule has 2 heterocycles. The first kappa shape index (κ1) is 31.8. The van der Waals surface area contributed by atoms with Crippen LogP contribution in [-0.2, 0) is 28.4 Å². The molecular weight excluding hydrogens is 540 g/mol. The fourth-order valence-corrected chi connectivity index (χ4v) is 4.29. The average molecular weight is 585 g/mol. The Bertz CT molecular complexity index is 1040. The lowest BCUT2D eigenvalue weighted by atomic mass is 10.1. The number of hydrogen-bond donors (Lipinski definition) is 2. The van der Waals surface area contributed by atoms with Crippen molar-refractivity contribution >= 4 is 22.1 Å². The van der Waals surface area contributed by atoms with Crippen LogP contribution in [0.4, 0.5) is 11.4 Å². The Balaban J connectivity index is 1.19. The molecule has 0 spiro atoms. The number of nitrogens with one attached hydrogen (secondary N) is 2. The minimum Gasteiger partial charge on any atom is -0.491 e. The SMILES string of the molecule is c1cc2c3cccc(c3c1)NCCOCCOCCOCCOc1ccc(cc1)OCCOCCOCCOCCN2. The van der Waals surface area contributed by atoms with Crippen molar-refractivity contribution in [2.45, 2.75) is 0 Å². The molecule has 10 nitrogen and oxygen atoms in total. The van der Waals surface area contributed by atoms with Gasteiger partial charge >= 0.3 is 0 Å². The predicted molar refractivity (Wildman–Crippen MR) is 163 cm³/mol. The monoisotopic (exact) mass is 584 g/mol. The van der Waals surface area contributed by atoms with Crippen LogP contribution in [0.15, 0.2) is 60.7 Å². The standard InChI is InChI=1S/C32H44N2O8/c1-3-29-30-4-2-6-32(29)34-12-14-36-16-18-38-20-22-40-24-26-42-28-9-7-27(8-10-28)41-25-23-39-21-19-37-17-15-35-13-11-33-31(30)5-1/h1-10,33-34H,11-26H2. The van der Waals surface area contributed by atoms with Crippen molar-refractivity contribution < 1.29 is 37.9 Å². The molecule has 0 atom stereocenters. The van der Waals surface area contributed by atoms with Gasteiger partial charge in [0.25, 0.3) is 0 Å². The zero-order chi connectivity index (χ0) is 28.9. The number of anilines is 2. The number of ether oxygens (including phenoxy) is 8. The first-order valence-corrected chi connectivity index (χ1v) is 14.7.